The summed E-state index contributed by atoms with van der Waals surface area (Å²) in [6, 6.07) is 10.9. The first kappa shape index (κ1) is 12.3. The van der Waals surface area contributed by atoms with Crippen LogP contribution in [0.4, 0.5) is 5.95 Å². The number of nitrogen functional groups attached to an aromatic ring is 1. The zero-order valence-electron chi connectivity index (χ0n) is 12.3. The first-order valence-corrected chi connectivity index (χ1v) is 7.29. The summed E-state index contributed by atoms with van der Waals surface area (Å²) < 4.78 is 0. The van der Waals surface area contributed by atoms with Gasteiger partial charge in [-0.15, -0.1) is 0 Å². The highest BCUT2D eigenvalue weighted by Crippen LogP contribution is 2.38. The van der Waals surface area contributed by atoms with Crippen LogP contribution >= 0.6 is 0 Å². The summed E-state index contributed by atoms with van der Waals surface area (Å²) in [6.45, 7) is 4.12. The van der Waals surface area contributed by atoms with Gasteiger partial charge in [-0.05, 0) is 60.2 Å². The number of benzene rings is 2. The van der Waals surface area contributed by atoms with Crippen molar-refractivity contribution in [1.29, 1.82) is 0 Å². The quantitative estimate of drug-likeness (QED) is 0.738. The molecule has 0 bridgehead atoms. The maximum absolute atomic E-state index is 5.83. The highest BCUT2D eigenvalue weighted by Gasteiger charge is 2.18. The van der Waals surface area contributed by atoms with Crippen molar-refractivity contribution in [2.45, 2.75) is 26.7 Å². The maximum atomic E-state index is 5.83. The molecule has 2 aromatic carbocycles. The second kappa shape index (κ2) is 4.29. The Morgan fingerprint density at radius 2 is 1.62 bits per heavy atom. The van der Waals surface area contributed by atoms with Crippen LogP contribution in [0.2, 0.25) is 0 Å². The molecule has 0 saturated carbocycles. The molecular formula is C18H17N3. The van der Waals surface area contributed by atoms with Crippen LogP contribution in [0.25, 0.3) is 22.0 Å². The van der Waals surface area contributed by atoms with Gasteiger partial charge in [-0.1, -0.05) is 24.3 Å². The number of aryl methyl sites for hydroxylation is 4. The molecule has 104 valence electrons. The van der Waals surface area contributed by atoms with Crippen LogP contribution in [0.1, 0.15) is 22.4 Å². The molecule has 2 N–H and O–H groups in total. The molecule has 0 unspecified atom stereocenters. The van der Waals surface area contributed by atoms with Crippen molar-refractivity contribution < 1.29 is 0 Å². The van der Waals surface area contributed by atoms with Crippen molar-refractivity contribution in [3.63, 3.8) is 0 Å². The van der Waals surface area contributed by atoms with Gasteiger partial charge in [0.15, 0.2) is 0 Å². The lowest BCUT2D eigenvalue weighted by molar-refractivity contribution is 1.02. The number of nitrogens with two attached hydrogens (primary N) is 1. The van der Waals surface area contributed by atoms with Gasteiger partial charge in [-0.25, -0.2) is 9.97 Å². The van der Waals surface area contributed by atoms with Gasteiger partial charge >= 0.3 is 0 Å². The number of anilines is 1. The first-order chi connectivity index (χ1) is 10.1. The molecule has 21 heavy (non-hydrogen) atoms. The molecule has 0 radical (unpaired) electrons. The minimum Gasteiger partial charge on any atom is -0.368 e. The molecule has 3 nitrogen and oxygen atoms in total. The van der Waals surface area contributed by atoms with E-state index in [2.05, 4.69) is 41.2 Å². The van der Waals surface area contributed by atoms with Crippen LogP contribution in [0.5, 0.6) is 0 Å². The third-order valence-electron chi connectivity index (χ3n) is 4.35. The topological polar surface area (TPSA) is 51.8 Å². The van der Waals surface area contributed by atoms with E-state index < -0.39 is 0 Å². The number of nitrogens with zero attached hydrogens (tertiary/aromatic N) is 2. The highest BCUT2D eigenvalue weighted by molar-refractivity contribution is 6.02. The molecule has 1 heterocycles. The number of hydrogen-bond acceptors (Lipinski definition) is 3. The molecule has 4 rings (SSSR count). The van der Waals surface area contributed by atoms with Gasteiger partial charge in [-0.2, -0.15) is 0 Å². The molecule has 0 saturated heterocycles. The largest absolute Gasteiger partial charge is 0.368 e. The average molecular weight is 275 g/mol. The van der Waals surface area contributed by atoms with Crippen LogP contribution in [-0.4, -0.2) is 9.97 Å². The Kier molecular flexibility index (Phi) is 2.52. The maximum Gasteiger partial charge on any atom is 0.220 e. The Morgan fingerprint density at radius 3 is 2.33 bits per heavy atom. The summed E-state index contributed by atoms with van der Waals surface area (Å²) in [5.74, 6) is 0.339. The monoisotopic (exact) mass is 275 g/mol. The normalized spacial score (nSPS) is 13.0. The van der Waals surface area contributed by atoms with Crippen LogP contribution in [0, 0.1) is 13.8 Å². The van der Waals surface area contributed by atoms with Gasteiger partial charge in [-0.3, -0.25) is 0 Å². The number of hydrogen-bond donors (Lipinski definition) is 1. The van der Waals surface area contributed by atoms with Gasteiger partial charge in [0.25, 0.3) is 0 Å². The Hall–Kier alpha value is -2.42. The van der Waals surface area contributed by atoms with E-state index in [9.17, 15) is 0 Å². The van der Waals surface area contributed by atoms with Crippen molar-refractivity contribution in [2.75, 3.05) is 5.73 Å². The average Bonchev–Trinajstić information content (AvgIpc) is 2.86. The van der Waals surface area contributed by atoms with Gasteiger partial charge < -0.3 is 5.73 Å². The second-order valence-electron chi connectivity index (χ2n) is 5.82. The molecular weight excluding hydrogens is 258 g/mol. The minimum atomic E-state index is 0.339. The molecule has 0 spiro atoms. The van der Waals surface area contributed by atoms with E-state index in [4.69, 9.17) is 5.73 Å². The minimum absolute atomic E-state index is 0.339. The van der Waals surface area contributed by atoms with E-state index in [1.165, 1.54) is 27.5 Å². The highest BCUT2D eigenvalue weighted by atomic mass is 15.0. The van der Waals surface area contributed by atoms with Crippen LogP contribution in [-0.2, 0) is 12.8 Å². The fourth-order valence-corrected chi connectivity index (χ4v) is 3.44. The third kappa shape index (κ3) is 1.81. The lowest BCUT2D eigenvalue weighted by atomic mass is 9.94. The first-order valence-electron chi connectivity index (χ1n) is 7.29. The lowest BCUT2D eigenvalue weighted by Crippen LogP contribution is -1.99. The smallest absolute Gasteiger partial charge is 0.220 e. The molecule has 0 amide bonds. The summed E-state index contributed by atoms with van der Waals surface area (Å²) in [5.41, 5.74) is 13.0. The van der Waals surface area contributed by atoms with E-state index in [1.54, 1.807) is 0 Å². The summed E-state index contributed by atoms with van der Waals surface area (Å²) >= 11 is 0. The Balaban J connectivity index is 2.11. The summed E-state index contributed by atoms with van der Waals surface area (Å²) in [6.07, 6.45) is 2.28. The van der Waals surface area contributed by atoms with E-state index >= 15 is 0 Å². The predicted molar refractivity (Wildman–Crippen MR) is 86.3 cm³/mol. The van der Waals surface area contributed by atoms with Gasteiger partial charge in [0.05, 0.1) is 5.69 Å². The van der Waals surface area contributed by atoms with Crippen LogP contribution in [0.15, 0.2) is 30.3 Å². The predicted octanol–water partition coefficient (Wildman–Crippen LogP) is 3.59. The summed E-state index contributed by atoms with van der Waals surface area (Å²) in [5, 5.41) is 2.74. The van der Waals surface area contributed by atoms with Crippen LogP contribution in [0.3, 0.4) is 0 Å². The molecule has 3 aromatic rings. The van der Waals surface area contributed by atoms with E-state index in [0.717, 1.165) is 29.8 Å². The Morgan fingerprint density at radius 1 is 0.905 bits per heavy atom. The third-order valence-corrected chi connectivity index (χ3v) is 4.35. The van der Waals surface area contributed by atoms with Crippen molar-refractivity contribution in [3.8, 4) is 11.3 Å². The van der Waals surface area contributed by atoms with Gasteiger partial charge in [0, 0.05) is 11.3 Å². The number of aromatic nitrogens is 2. The Labute approximate surface area is 123 Å². The number of rotatable bonds is 1. The molecule has 1 aliphatic rings. The molecule has 1 aromatic heterocycles. The molecule has 1 aliphatic carbocycles. The van der Waals surface area contributed by atoms with Crippen molar-refractivity contribution in [3.05, 3.63) is 52.7 Å². The summed E-state index contributed by atoms with van der Waals surface area (Å²) in [7, 11) is 0. The fraction of sp³-hybridized carbons (Fsp3) is 0.222. The van der Waals surface area contributed by atoms with E-state index in [1.807, 2.05) is 13.0 Å². The van der Waals surface area contributed by atoms with Crippen molar-refractivity contribution in [1.82, 2.24) is 9.97 Å². The van der Waals surface area contributed by atoms with Crippen LogP contribution < -0.4 is 5.73 Å². The van der Waals surface area contributed by atoms with E-state index in [0.29, 0.717) is 5.95 Å². The zero-order chi connectivity index (χ0) is 14.6. The van der Waals surface area contributed by atoms with Gasteiger partial charge in [0.2, 0.25) is 5.95 Å². The standard InChI is InChI=1S/C18H17N3/c1-10-3-4-12-5-6-13-7-8-14(16(10)17(12)13)15-9-11(2)20-18(19)21-15/h3-4,7-9H,5-6H2,1-2H3,(H2,19,20,21). The van der Waals surface area contributed by atoms with Crippen molar-refractivity contribution in [2.24, 2.45) is 0 Å². The molecule has 3 heteroatoms. The fourth-order valence-electron chi connectivity index (χ4n) is 3.44. The molecule has 0 aliphatic heterocycles. The summed E-state index contributed by atoms with van der Waals surface area (Å²) in [4.78, 5) is 8.62. The lowest BCUT2D eigenvalue weighted by Gasteiger charge is -2.12. The molecule has 0 fully saturated rings. The van der Waals surface area contributed by atoms with Gasteiger partial charge in [0.1, 0.15) is 0 Å². The van der Waals surface area contributed by atoms with Crippen molar-refractivity contribution >= 4 is 16.7 Å². The van der Waals surface area contributed by atoms with E-state index in [-0.39, 0.29) is 0 Å². The zero-order valence-corrected chi connectivity index (χ0v) is 12.3. The Bertz CT molecular complexity index is 851. The second-order valence-corrected chi connectivity index (χ2v) is 5.82. The molecule has 0 atom stereocenters. The SMILES string of the molecule is Cc1cc(-c2ccc3c4c(ccc(C)c24)CC3)nc(N)n1.